The molecule has 2 atom stereocenters. The molecule has 2 N–H and O–H groups in total. The van der Waals surface area contributed by atoms with Gasteiger partial charge < -0.3 is 10.6 Å². The third-order valence-corrected chi connectivity index (χ3v) is 3.46. The van der Waals surface area contributed by atoms with Crippen LogP contribution in [0.15, 0.2) is 0 Å². The highest BCUT2D eigenvalue weighted by molar-refractivity contribution is 5.79. The second-order valence-corrected chi connectivity index (χ2v) is 5.41. The van der Waals surface area contributed by atoms with Crippen molar-refractivity contribution in [2.24, 2.45) is 5.92 Å². The summed E-state index contributed by atoms with van der Waals surface area (Å²) >= 11 is 0. The van der Waals surface area contributed by atoms with E-state index in [2.05, 4.69) is 24.5 Å². The van der Waals surface area contributed by atoms with Gasteiger partial charge in [0.2, 0.25) is 11.8 Å². The van der Waals surface area contributed by atoms with Crippen molar-refractivity contribution in [3.63, 3.8) is 0 Å². The maximum Gasteiger partial charge on any atom is 0.220 e. The number of hydrogen-bond acceptors (Lipinski definition) is 2. The van der Waals surface area contributed by atoms with Gasteiger partial charge in [0, 0.05) is 25.4 Å². The van der Waals surface area contributed by atoms with E-state index >= 15 is 0 Å². The number of nitrogens with one attached hydrogen (secondary N) is 2. The number of unbranched alkanes of at least 4 members (excludes halogenated alkanes) is 2. The third-order valence-electron chi connectivity index (χ3n) is 3.46. The predicted octanol–water partition coefficient (Wildman–Crippen LogP) is 1.99. The van der Waals surface area contributed by atoms with Crippen LogP contribution in [0.2, 0.25) is 0 Å². The highest BCUT2D eigenvalue weighted by Crippen LogP contribution is 2.13. The van der Waals surface area contributed by atoms with Crippen LogP contribution in [0.5, 0.6) is 0 Å². The molecular weight excluding hydrogens is 228 g/mol. The summed E-state index contributed by atoms with van der Waals surface area (Å²) in [5.41, 5.74) is 0. The first-order valence-electron chi connectivity index (χ1n) is 7.18. The molecule has 0 aromatic rings. The molecule has 0 aliphatic carbocycles. The maximum absolute atomic E-state index is 11.8. The average Bonchev–Trinajstić information content (AvgIpc) is 2.32. The molecule has 0 bridgehead atoms. The molecule has 1 saturated heterocycles. The van der Waals surface area contributed by atoms with Crippen LogP contribution >= 0.6 is 0 Å². The second kappa shape index (κ2) is 8.11. The first kappa shape index (κ1) is 15.0. The summed E-state index contributed by atoms with van der Waals surface area (Å²) in [5, 5.41) is 5.79. The molecule has 1 heterocycles. The zero-order chi connectivity index (χ0) is 13.4. The van der Waals surface area contributed by atoms with E-state index in [0.717, 1.165) is 12.8 Å². The topological polar surface area (TPSA) is 58.2 Å². The van der Waals surface area contributed by atoms with E-state index in [4.69, 9.17) is 0 Å². The lowest BCUT2D eigenvalue weighted by molar-refractivity contribution is -0.126. The number of carbonyl (C=O) groups excluding carboxylic acids is 2. The summed E-state index contributed by atoms with van der Waals surface area (Å²) in [7, 11) is 0. The van der Waals surface area contributed by atoms with Crippen molar-refractivity contribution in [1.29, 1.82) is 0 Å². The molecule has 0 saturated carbocycles. The molecule has 1 fully saturated rings. The van der Waals surface area contributed by atoms with Gasteiger partial charge >= 0.3 is 0 Å². The van der Waals surface area contributed by atoms with Gasteiger partial charge in [0.05, 0.1) is 0 Å². The number of rotatable bonds is 7. The number of hydrogen-bond donors (Lipinski definition) is 2. The lowest BCUT2D eigenvalue weighted by Crippen LogP contribution is -2.47. The normalized spacial score (nSPS) is 21.2. The van der Waals surface area contributed by atoms with E-state index in [0.29, 0.717) is 25.3 Å². The van der Waals surface area contributed by atoms with Gasteiger partial charge in [-0.3, -0.25) is 9.59 Å². The molecular formula is C14H26N2O2. The molecule has 1 aliphatic rings. The van der Waals surface area contributed by atoms with Crippen molar-refractivity contribution in [2.45, 2.75) is 64.8 Å². The Balaban J connectivity index is 2.14. The van der Waals surface area contributed by atoms with E-state index in [-0.39, 0.29) is 17.9 Å². The summed E-state index contributed by atoms with van der Waals surface area (Å²) < 4.78 is 0. The van der Waals surface area contributed by atoms with Gasteiger partial charge in [0.1, 0.15) is 0 Å². The molecule has 0 aromatic heterocycles. The first-order chi connectivity index (χ1) is 8.61. The summed E-state index contributed by atoms with van der Waals surface area (Å²) in [4.78, 5) is 22.8. The van der Waals surface area contributed by atoms with E-state index in [1.165, 1.54) is 19.3 Å². The molecule has 0 radical (unpaired) electrons. The number of amides is 2. The fourth-order valence-corrected chi connectivity index (χ4v) is 2.30. The molecule has 18 heavy (non-hydrogen) atoms. The van der Waals surface area contributed by atoms with E-state index in [1.807, 2.05) is 0 Å². The van der Waals surface area contributed by atoms with Gasteiger partial charge in [0.15, 0.2) is 0 Å². The van der Waals surface area contributed by atoms with Gasteiger partial charge in [-0.05, 0) is 12.3 Å². The zero-order valence-electron chi connectivity index (χ0n) is 11.6. The molecule has 2 amide bonds. The molecule has 1 aliphatic heterocycles. The van der Waals surface area contributed by atoms with Crippen LogP contribution in [0.1, 0.15) is 58.8 Å². The van der Waals surface area contributed by atoms with Crippen LogP contribution in [0.4, 0.5) is 0 Å². The first-order valence-corrected chi connectivity index (χ1v) is 7.18. The maximum atomic E-state index is 11.8. The molecule has 0 unspecified atom stereocenters. The number of piperidine rings is 1. The van der Waals surface area contributed by atoms with E-state index in [1.54, 1.807) is 0 Å². The Morgan fingerprint density at radius 3 is 2.89 bits per heavy atom. The Labute approximate surface area is 110 Å². The zero-order valence-corrected chi connectivity index (χ0v) is 11.6. The summed E-state index contributed by atoms with van der Waals surface area (Å²) in [6, 6.07) is 0.123. The van der Waals surface area contributed by atoms with Crippen molar-refractivity contribution in [1.82, 2.24) is 10.6 Å². The molecule has 104 valence electrons. The molecule has 1 rings (SSSR count). The van der Waals surface area contributed by atoms with Gasteiger partial charge in [-0.2, -0.15) is 0 Å². The fourth-order valence-electron chi connectivity index (χ4n) is 2.30. The average molecular weight is 254 g/mol. The lowest BCUT2D eigenvalue weighted by Gasteiger charge is -2.24. The summed E-state index contributed by atoms with van der Waals surface area (Å²) in [5.74, 6) is 0.670. The quantitative estimate of drug-likeness (QED) is 0.683. The van der Waals surface area contributed by atoms with Crippen LogP contribution in [0.3, 0.4) is 0 Å². The molecule has 0 spiro atoms. The van der Waals surface area contributed by atoms with Gasteiger partial charge in [0.25, 0.3) is 0 Å². The lowest BCUT2D eigenvalue weighted by atomic mass is 9.99. The SMILES string of the molecule is CCCCC[C@@H](C)CC(=O)N[C@H]1CCC(=O)NC1. The minimum atomic E-state index is 0.0911. The Morgan fingerprint density at radius 2 is 2.28 bits per heavy atom. The number of carbonyl (C=O) groups is 2. The minimum Gasteiger partial charge on any atom is -0.354 e. The fraction of sp³-hybridized carbons (Fsp3) is 0.857. The van der Waals surface area contributed by atoms with Crippen LogP contribution in [0, 0.1) is 5.92 Å². The van der Waals surface area contributed by atoms with Crippen molar-refractivity contribution in [3.8, 4) is 0 Å². The summed E-state index contributed by atoms with van der Waals surface area (Å²) in [6.45, 7) is 4.90. The molecule has 0 aromatic carbocycles. The third kappa shape index (κ3) is 6.03. The van der Waals surface area contributed by atoms with Gasteiger partial charge in [-0.25, -0.2) is 0 Å². The van der Waals surface area contributed by atoms with Crippen molar-refractivity contribution in [3.05, 3.63) is 0 Å². The Bertz CT molecular complexity index is 269. The Morgan fingerprint density at radius 1 is 1.50 bits per heavy atom. The van der Waals surface area contributed by atoms with Gasteiger partial charge in [-0.15, -0.1) is 0 Å². The Kier molecular flexibility index (Phi) is 6.76. The summed E-state index contributed by atoms with van der Waals surface area (Å²) in [6.07, 6.45) is 6.71. The second-order valence-electron chi connectivity index (χ2n) is 5.41. The van der Waals surface area contributed by atoms with E-state index < -0.39 is 0 Å². The van der Waals surface area contributed by atoms with Crippen molar-refractivity contribution >= 4 is 11.8 Å². The van der Waals surface area contributed by atoms with Gasteiger partial charge in [-0.1, -0.05) is 39.5 Å². The monoisotopic (exact) mass is 254 g/mol. The van der Waals surface area contributed by atoms with Crippen LogP contribution in [0.25, 0.3) is 0 Å². The largest absolute Gasteiger partial charge is 0.354 e. The van der Waals surface area contributed by atoms with Crippen LogP contribution < -0.4 is 10.6 Å². The highest BCUT2D eigenvalue weighted by atomic mass is 16.2. The van der Waals surface area contributed by atoms with E-state index in [9.17, 15) is 9.59 Å². The predicted molar refractivity (Wildman–Crippen MR) is 72.1 cm³/mol. The molecule has 4 nitrogen and oxygen atoms in total. The van der Waals surface area contributed by atoms with Crippen LogP contribution in [-0.2, 0) is 9.59 Å². The standard InChI is InChI=1S/C14H26N2O2/c1-3-4-5-6-11(2)9-14(18)16-12-7-8-13(17)15-10-12/h11-12H,3-10H2,1-2H3,(H,15,17)(H,16,18)/t11-,12+/m1/s1. The Hall–Kier alpha value is -1.06. The smallest absolute Gasteiger partial charge is 0.220 e. The highest BCUT2D eigenvalue weighted by Gasteiger charge is 2.20. The molecule has 4 heteroatoms. The van der Waals surface area contributed by atoms with Crippen LogP contribution in [-0.4, -0.2) is 24.4 Å². The minimum absolute atomic E-state index is 0.0911. The van der Waals surface area contributed by atoms with Crippen molar-refractivity contribution < 1.29 is 9.59 Å². The van der Waals surface area contributed by atoms with Crippen molar-refractivity contribution in [2.75, 3.05) is 6.54 Å².